The molecule has 0 aliphatic carbocycles. The minimum atomic E-state index is -0.306. The molecule has 1 aliphatic heterocycles. The lowest BCUT2D eigenvalue weighted by Gasteiger charge is -2.38. The maximum absolute atomic E-state index is 13.1. The van der Waals surface area contributed by atoms with Crippen molar-refractivity contribution < 1.29 is 9.50 Å². The highest BCUT2D eigenvalue weighted by atomic mass is 19.1. The van der Waals surface area contributed by atoms with Crippen LogP contribution in [0.2, 0.25) is 0 Å². The summed E-state index contributed by atoms with van der Waals surface area (Å²) in [7, 11) is 0. The predicted molar refractivity (Wildman–Crippen MR) is 57.0 cm³/mol. The SMILES string of the molecule is CC1(c2cccc(F)c2)CC(O)CCN1. The minimum Gasteiger partial charge on any atom is -0.393 e. The van der Waals surface area contributed by atoms with Gasteiger partial charge in [-0.05, 0) is 44.0 Å². The number of hydrogen-bond acceptors (Lipinski definition) is 2. The van der Waals surface area contributed by atoms with Crippen LogP contribution in [0, 0.1) is 5.82 Å². The van der Waals surface area contributed by atoms with Crippen molar-refractivity contribution in [2.75, 3.05) is 6.54 Å². The largest absolute Gasteiger partial charge is 0.393 e. The fourth-order valence-electron chi connectivity index (χ4n) is 2.21. The third-order valence-corrected chi connectivity index (χ3v) is 3.10. The normalized spacial score (nSPS) is 31.5. The Labute approximate surface area is 89.1 Å². The monoisotopic (exact) mass is 209 g/mol. The lowest BCUT2D eigenvalue weighted by Crippen LogP contribution is -2.47. The van der Waals surface area contributed by atoms with Crippen LogP contribution in [0.5, 0.6) is 0 Å². The first-order chi connectivity index (χ1) is 7.10. The quantitative estimate of drug-likeness (QED) is 0.739. The van der Waals surface area contributed by atoms with E-state index in [0.29, 0.717) is 6.42 Å². The Bertz CT molecular complexity index is 355. The summed E-state index contributed by atoms with van der Waals surface area (Å²) in [5.41, 5.74) is 0.598. The molecule has 1 saturated heterocycles. The molecule has 1 fully saturated rings. The predicted octanol–water partition coefficient (Wildman–Crippen LogP) is 1.79. The topological polar surface area (TPSA) is 32.3 Å². The third kappa shape index (κ3) is 2.19. The van der Waals surface area contributed by atoms with Gasteiger partial charge in [0.05, 0.1) is 6.10 Å². The van der Waals surface area contributed by atoms with Crippen LogP contribution >= 0.6 is 0 Å². The van der Waals surface area contributed by atoms with Crippen LogP contribution < -0.4 is 5.32 Å². The number of halogens is 1. The van der Waals surface area contributed by atoms with Crippen molar-refractivity contribution in [2.24, 2.45) is 0 Å². The molecule has 0 amide bonds. The van der Waals surface area contributed by atoms with Gasteiger partial charge in [-0.3, -0.25) is 0 Å². The van der Waals surface area contributed by atoms with E-state index in [1.165, 1.54) is 12.1 Å². The Hall–Kier alpha value is -0.930. The van der Waals surface area contributed by atoms with Gasteiger partial charge in [-0.2, -0.15) is 0 Å². The molecule has 2 nitrogen and oxygen atoms in total. The van der Waals surface area contributed by atoms with Gasteiger partial charge in [-0.15, -0.1) is 0 Å². The van der Waals surface area contributed by atoms with Gasteiger partial charge in [0.25, 0.3) is 0 Å². The second-order valence-electron chi connectivity index (χ2n) is 4.42. The zero-order valence-electron chi connectivity index (χ0n) is 8.83. The van der Waals surface area contributed by atoms with Gasteiger partial charge >= 0.3 is 0 Å². The fourth-order valence-corrected chi connectivity index (χ4v) is 2.21. The van der Waals surface area contributed by atoms with E-state index in [0.717, 1.165) is 18.5 Å². The molecule has 1 heterocycles. The standard InChI is InChI=1S/C12H16FNO/c1-12(8-11(15)5-6-14-12)9-3-2-4-10(13)7-9/h2-4,7,11,14-15H,5-6,8H2,1H3. The summed E-state index contributed by atoms with van der Waals surface area (Å²) in [6.07, 6.45) is 1.11. The number of aliphatic hydroxyl groups excluding tert-OH is 1. The molecule has 0 radical (unpaired) electrons. The molecular weight excluding hydrogens is 193 g/mol. The summed E-state index contributed by atoms with van der Waals surface area (Å²) >= 11 is 0. The molecule has 2 atom stereocenters. The van der Waals surface area contributed by atoms with E-state index in [2.05, 4.69) is 5.32 Å². The van der Waals surface area contributed by atoms with E-state index < -0.39 is 0 Å². The molecular formula is C12H16FNO. The van der Waals surface area contributed by atoms with E-state index in [4.69, 9.17) is 0 Å². The van der Waals surface area contributed by atoms with Crippen molar-refractivity contribution in [3.05, 3.63) is 35.6 Å². The molecule has 1 aromatic carbocycles. The smallest absolute Gasteiger partial charge is 0.123 e. The Morgan fingerprint density at radius 3 is 3.00 bits per heavy atom. The third-order valence-electron chi connectivity index (χ3n) is 3.10. The first-order valence-electron chi connectivity index (χ1n) is 5.29. The summed E-state index contributed by atoms with van der Waals surface area (Å²) in [6, 6.07) is 6.57. The first kappa shape index (κ1) is 10.6. The summed E-state index contributed by atoms with van der Waals surface area (Å²) < 4.78 is 13.1. The summed E-state index contributed by atoms with van der Waals surface area (Å²) in [5.74, 6) is -0.226. The van der Waals surface area contributed by atoms with Crippen LogP contribution in [0.4, 0.5) is 4.39 Å². The van der Waals surface area contributed by atoms with Gasteiger partial charge in [-0.25, -0.2) is 4.39 Å². The maximum Gasteiger partial charge on any atom is 0.123 e. The molecule has 82 valence electrons. The second kappa shape index (κ2) is 3.91. The molecule has 0 saturated carbocycles. The van der Waals surface area contributed by atoms with Gasteiger partial charge < -0.3 is 10.4 Å². The van der Waals surface area contributed by atoms with Gasteiger partial charge in [-0.1, -0.05) is 12.1 Å². The lowest BCUT2D eigenvalue weighted by atomic mass is 9.83. The van der Waals surface area contributed by atoms with Crippen LogP contribution in [0.3, 0.4) is 0 Å². The molecule has 3 heteroatoms. The van der Waals surface area contributed by atoms with E-state index in [1.807, 2.05) is 13.0 Å². The zero-order chi connectivity index (χ0) is 10.9. The van der Waals surface area contributed by atoms with Crippen molar-refractivity contribution in [2.45, 2.75) is 31.4 Å². The number of nitrogens with one attached hydrogen (secondary N) is 1. The number of rotatable bonds is 1. The lowest BCUT2D eigenvalue weighted by molar-refractivity contribution is 0.0834. The molecule has 1 aromatic rings. The fraction of sp³-hybridized carbons (Fsp3) is 0.500. The molecule has 1 aliphatic rings. The highest BCUT2D eigenvalue weighted by Gasteiger charge is 2.32. The maximum atomic E-state index is 13.1. The average Bonchev–Trinajstić information content (AvgIpc) is 2.17. The molecule has 15 heavy (non-hydrogen) atoms. The molecule has 2 N–H and O–H groups in total. The second-order valence-corrected chi connectivity index (χ2v) is 4.42. The van der Waals surface area contributed by atoms with Gasteiger partial charge in [0.2, 0.25) is 0 Å². The van der Waals surface area contributed by atoms with Crippen LogP contribution in [-0.4, -0.2) is 17.8 Å². The van der Waals surface area contributed by atoms with E-state index in [1.54, 1.807) is 6.07 Å². The van der Waals surface area contributed by atoms with Gasteiger partial charge in [0.1, 0.15) is 5.82 Å². The summed E-state index contributed by atoms with van der Waals surface area (Å²) in [6.45, 7) is 2.78. The van der Waals surface area contributed by atoms with E-state index in [9.17, 15) is 9.50 Å². The average molecular weight is 209 g/mol. The highest BCUT2D eigenvalue weighted by Crippen LogP contribution is 2.30. The van der Waals surface area contributed by atoms with Crippen molar-refractivity contribution in [1.82, 2.24) is 5.32 Å². The number of benzene rings is 1. The van der Waals surface area contributed by atoms with Gasteiger partial charge in [0, 0.05) is 5.54 Å². The molecule has 0 aromatic heterocycles. The Kier molecular flexibility index (Phi) is 2.76. The van der Waals surface area contributed by atoms with Crippen molar-refractivity contribution in [3.8, 4) is 0 Å². The van der Waals surface area contributed by atoms with Gasteiger partial charge in [0.15, 0.2) is 0 Å². The number of hydrogen-bond donors (Lipinski definition) is 2. The zero-order valence-corrected chi connectivity index (χ0v) is 8.83. The number of piperidine rings is 1. The van der Waals surface area contributed by atoms with Crippen LogP contribution in [0.25, 0.3) is 0 Å². The highest BCUT2D eigenvalue weighted by molar-refractivity contribution is 5.25. The van der Waals surface area contributed by atoms with Crippen molar-refractivity contribution >= 4 is 0 Å². The Balaban J connectivity index is 2.28. The molecule has 0 spiro atoms. The van der Waals surface area contributed by atoms with Crippen LogP contribution in [0.15, 0.2) is 24.3 Å². The molecule has 2 rings (SSSR count). The van der Waals surface area contributed by atoms with E-state index in [-0.39, 0.29) is 17.5 Å². The Morgan fingerprint density at radius 2 is 2.33 bits per heavy atom. The van der Waals surface area contributed by atoms with E-state index >= 15 is 0 Å². The number of aliphatic hydroxyl groups is 1. The first-order valence-corrected chi connectivity index (χ1v) is 5.29. The summed E-state index contributed by atoms with van der Waals surface area (Å²) in [4.78, 5) is 0. The van der Waals surface area contributed by atoms with Crippen molar-refractivity contribution in [3.63, 3.8) is 0 Å². The molecule has 2 unspecified atom stereocenters. The van der Waals surface area contributed by atoms with Crippen LogP contribution in [-0.2, 0) is 5.54 Å². The van der Waals surface area contributed by atoms with Crippen molar-refractivity contribution in [1.29, 1.82) is 0 Å². The molecule has 0 bridgehead atoms. The Morgan fingerprint density at radius 1 is 1.53 bits per heavy atom. The summed E-state index contributed by atoms with van der Waals surface area (Å²) in [5, 5.41) is 13.0. The minimum absolute atomic E-state index is 0.226. The van der Waals surface area contributed by atoms with Crippen LogP contribution in [0.1, 0.15) is 25.3 Å².